The fourth-order valence-corrected chi connectivity index (χ4v) is 6.84. The van der Waals surface area contributed by atoms with Gasteiger partial charge in [-0.3, -0.25) is 13.9 Å². The van der Waals surface area contributed by atoms with Crippen LogP contribution in [0.1, 0.15) is 29.2 Å². The van der Waals surface area contributed by atoms with Crippen molar-refractivity contribution in [2.24, 2.45) is 0 Å². The van der Waals surface area contributed by atoms with Crippen molar-refractivity contribution in [2.75, 3.05) is 17.4 Å². The first-order valence-electron chi connectivity index (χ1n) is 14.1. The molecule has 1 atom stereocenters. The lowest BCUT2D eigenvalue weighted by atomic mass is 10.0. The van der Waals surface area contributed by atoms with E-state index in [2.05, 4.69) is 21.2 Å². The van der Waals surface area contributed by atoms with Gasteiger partial charge in [-0.25, -0.2) is 8.42 Å². The first-order valence-corrected chi connectivity index (χ1v) is 16.3. The van der Waals surface area contributed by atoms with Crippen molar-refractivity contribution in [1.29, 1.82) is 0 Å². The highest BCUT2D eigenvalue weighted by atomic mass is 79.9. The molecule has 0 aliphatic heterocycles. The van der Waals surface area contributed by atoms with Crippen LogP contribution in [0, 0.1) is 13.8 Å². The molecule has 0 bridgehead atoms. The molecule has 1 N–H and O–H groups in total. The lowest BCUT2D eigenvalue weighted by Crippen LogP contribution is -2.53. The number of nitrogens with zero attached hydrogens (tertiary/aromatic N) is 2. The van der Waals surface area contributed by atoms with E-state index < -0.39 is 28.5 Å². The number of aryl methyl sites for hydroxylation is 2. The van der Waals surface area contributed by atoms with Crippen molar-refractivity contribution in [1.82, 2.24) is 10.2 Å². The second-order valence-corrected chi connectivity index (χ2v) is 13.1. The standard InChI is InChI=1S/C34H36BrN3O4S/c1-4-36-34(40)32(22-27-12-7-5-8-13-27)37(23-28-14-11-15-29(35)21-28)33(39)24-38(31-20-25(2)18-19-26(31)3)43(41,42)30-16-9-6-10-17-30/h5-21,32H,4,22-24H2,1-3H3,(H,36,40)/t32-/m0/s1. The summed E-state index contributed by atoms with van der Waals surface area (Å²) in [6.07, 6.45) is 0.265. The number of hydrogen-bond acceptors (Lipinski definition) is 4. The van der Waals surface area contributed by atoms with E-state index in [1.165, 1.54) is 17.0 Å². The molecule has 4 aromatic carbocycles. The van der Waals surface area contributed by atoms with Gasteiger partial charge in [0.1, 0.15) is 12.6 Å². The Morgan fingerprint density at radius 3 is 2.14 bits per heavy atom. The largest absolute Gasteiger partial charge is 0.355 e. The Bertz CT molecular complexity index is 1660. The smallest absolute Gasteiger partial charge is 0.264 e. The second kappa shape index (κ2) is 14.5. The predicted molar refractivity (Wildman–Crippen MR) is 174 cm³/mol. The third-order valence-electron chi connectivity index (χ3n) is 7.11. The molecule has 0 aromatic heterocycles. The maximum atomic E-state index is 14.5. The molecule has 0 spiro atoms. The molecule has 0 heterocycles. The maximum Gasteiger partial charge on any atom is 0.264 e. The number of amides is 2. The van der Waals surface area contributed by atoms with Crippen molar-refractivity contribution < 1.29 is 18.0 Å². The van der Waals surface area contributed by atoms with Gasteiger partial charge in [0.05, 0.1) is 10.6 Å². The van der Waals surface area contributed by atoms with Crippen LogP contribution in [0.4, 0.5) is 5.69 Å². The Morgan fingerprint density at radius 1 is 0.837 bits per heavy atom. The van der Waals surface area contributed by atoms with Crippen molar-refractivity contribution in [3.8, 4) is 0 Å². The summed E-state index contributed by atoms with van der Waals surface area (Å²) in [4.78, 5) is 29.6. The van der Waals surface area contributed by atoms with Crippen LogP contribution >= 0.6 is 15.9 Å². The van der Waals surface area contributed by atoms with Gasteiger partial charge >= 0.3 is 0 Å². The zero-order chi connectivity index (χ0) is 31.0. The van der Waals surface area contributed by atoms with E-state index in [1.807, 2.05) is 87.5 Å². The lowest BCUT2D eigenvalue weighted by Gasteiger charge is -2.34. The molecule has 7 nitrogen and oxygen atoms in total. The summed E-state index contributed by atoms with van der Waals surface area (Å²) in [7, 11) is -4.14. The number of benzene rings is 4. The number of nitrogens with one attached hydrogen (secondary N) is 1. The Balaban J connectivity index is 1.82. The molecule has 43 heavy (non-hydrogen) atoms. The van der Waals surface area contributed by atoms with Crippen molar-refractivity contribution in [3.05, 3.63) is 130 Å². The molecule has 0 saturated heterocycles. The van der Waals surface area contributed by atoms with Gasteiger partial charge in [0.25, 0.3) is 10.0 Å². The summed E-state index contributed by atoms with van der Waals surface area (Å²) in [5, 5.41) is 2.88. The van der Waals surface area contributed by atoms with Gasteiger partial charge < -0.3 is 10.2 Å². The number of anilines is 1. The number of halogens is 1. The monoisotopic (exact) mass is 661 g/mol. The minimum absolute atomic E-state index is 0.0757. The van der Waals surface area contributed by atoms with E-state index >= 15 is 0 Å². The normalized spacial score (nSPS) is 11.9. The summed E-state index contributed by atoms with van der Waals surface area (Å²) in [6, 6.07) is 29.7. The molecule has 224 valence electrons. The number of rotatable bonds is 12. The van der Waals surface area contributed by atoms with Crippen LogP contribution in [0.25, 0.3) is 0 Å². The van der Waals surface area contributed by atoms with Crippen molar-refractivity contribution in [2.45, 2.75) is 44.7 Å². The van der Waals surface area contributed by atoms with Gasteiger partial charge in [-0.1, -0.05) is 88.7 Å². The van der Waals surface area contributed by atoms with E-state index in [9.17, 15) is 18.0 Å². The van der Waals surface area contributed by atoms with Crippen LogP contribution in [0.2, 0.25) is 0 Å². The average Bonchev–Trinajstić information content (AvgIpc) is 3.00. The minimum Gasteiger partial charge on any atom is -0.355 e. The highest BCUT2D eigenvalue weighted by Crippen LogP contribution is 2.29. The third-order valence-corrected chi connectivity index (χ3v) is 9.37. The Kier molecular flexibility index (Phi) is 10.8. The SMILES string of the molecule is CCNC(=O)[C@H](Cc1ccccc1)N(Cc1cccc(Br)c1)C(=O)CN(c1cc(C)ccc1C)S(=O)(=O)c1ccccc1. The fraction of sp³-hybridized carbons (Fsp3) is 0.235. The lowest BCUT2D eigenvalue weighted by molar-refractivity contribution is -0.140. The molecule has 4 rings (SSSR count). The fourth-order valence-electron chi connectivity index (χ4n) is 4.90. The van der Waals surface area contributed by atoms with Gasteiger partial charge in [-0.2, -0.15) is 0 Å². The summed E-state index contributed by atoms with van der Waals surface area (Å²) >= 11 is 3.50. The molecular weight excluding hydrogens is 626 g/mol. The molecule has 0 saturated carbocycles. The summed E-state index contributed by atoms with van der Waals surface area (Å²) in [5.74, 6) is -0.800. The molecule has 0 radical (unpaired) electrons. The highest BCUT2D eigenvalue weighted by molar-refractivity contribution is 9.10. The van der Waals surface area contributed by atoms with Crippen LogP contribution in [0.15, 0.2) is 112 Å². The van der Waals surface area contributed by atoms with E-state index in [4.69, 9.17) is 0 Å². The van der Waals surface area contributed by atoms with Gasteiger partial charge in [0.2, 0.25) is 11.8 Å². The predicted octanol–water partition coefficient (Wildman–Crippen LogP) is 6.04. The number of carbonyl (C=O) groups excluding carboxylic acids is 2. The quantitative estimate of drug-likeness (QED) is 0.201. The third kappa shape index (κ3) is 8.12. The average molecular weight is 663 g/mol. The number of carbonyl (C=O) groups is 2. The minimum atomic E-state index is -4.14. The zero-order valence-corrected chi connectivity index (χ0v) is 26.9. The number of likely N-dealkylation sites (N-methyl/N-ethyl adjacent to an activating group) is 1. The molecule has 9 heteroatoms. The molecular formula is C34H36BrN3O4S. The van der Waals surface area contributed by atoms with E-state index in [0.29, 0.717) is 17.8 Å². The number of sulfonamides is 1. The van der Waals surface area contributed by atoms with Crippen LogP contribution in [-0.2, 0) is 32.6 Å². The summed E-state index contributed by atoms with van der Waals surface area (Å²) < 4.78 is 30.2. The molecule has 0 unspecified atom stereocenters. The van der Waals surface area contributed by atoms with Gasteiger partial charge in [0.15, 0.2) is 0 Å². The van der Waals surface area contributed by atoms with Crippen molar-refractivity contribution in [3.63, 3.8) is 0 Å². The van der Waals surface area contributed by atoms with Crippen LogP contribution in [0.5, 0.6) is 0 Å². The molecule has 2 amide bonds. The van der Waals surface area contributed by atoms with Crippen LogP contribution < -0.4 is 9.62 Å². The topological polar surface area (TPSA) is 86.8 Å². The van der Waals surface area contributed by atoms with E-state index in [-0.39, 0.29) is 23.8 Å². The molecule has 0 aliphatic rings. The Labute approximate surface area is 262 Å². The van der Waals surface area contributed by atoms with Gasteiger partial charge in [-0.15, -0.1) is 0 Å². The van der Waals surface area contributed by atoms with Crippen molar-refractivity contribution >= 4 is 43.5 Å². The van der Waals surface area contributed by atoms with E-state index in [1.54, 1.807) is 24.3 Å². The molecule has 4 aromatic rings. The van der Waals surface area contributed by atoms with Gasteiger partial charge in [0, 0.05) is 24.0 Å². The van der Waals surface area contributed by atoms with Crippen LogP contribution in [0.3, 0.4) is 0 Å². The summed E-state index contributed by atoms with van der Waals surface area (Å²) in [5.41, 5.74) is 3.66. The molecule has 0 aliphatic carbocycles. The van der Waals surface area contributed by atoms with Gasteiger partial charge in [-0.05, 0) is 73.4 Å². The maximum absolute atomic E-state index is 14.5. The Morgan fingerprint density at radius 2 is 1.49 bits per heavy atom. The summed E-state index contributed by atoms with van der Waals surface area (Å²) in [6.45, 7) is 5.54. The first-order chi connectivity index (χ1) is 20.6. The second-order valence-electron chi connectivity index (χ2n) is 10.4. The zero-order valence-electron chi connectivity index (χ0n) is 24.5. The first kappa shape index (κ1) is 32.0. The van der Waals surface area contributed by atoms with E-state index in [0.717, 1.165) is 25.5 Å². The molecule has 0 fully saturated rings. The highest BCUT2D eigenvalue weighted by Gasteiger charge is 2.35. The van der Waals surface area contributed by atoms with Crippen LogP contribution in [-0.4, -0.2) is 44.3 Å². The number of hydrogen-bond donors (Lipinski definition) is 1. The Hall–Kier alpha value is -3.95.